The van der Waals surface area contributed by atoms with Crippen LogP contribution in [0.2, 0.25) is 0 Å². The topological polar surface area (TPSA) is 90.7 Å². The van der Waals surface area contributed by atoms with E-state index in [4.69, 9.17) is 9.44 Å². The van der Waals surface area contributed by atoms with E-state index in [2.05, 4.69) is 11.0 Å². The van der Waals surface area contributed by atoms with Crippen LogP contribution in [0.3, 0.4) is 0 Å². The van der Waals surface area contributed by atoms with Gasteiger partial charge in [0.05, 0.1) is 11.6 Å². The van der Waals surface area contributed by atoms with Crippen molar-refractivity contribution >= 4 is 21.7 Å². The molecule has 0 unspecified atom stereocenters. The third-order valence-corrected chi connectivity index (χ3v) is 7.46. The lowest BCUT2D eigenvalue weighted by atomic mass is 10.2. The quantitative estimate of drug-likeness (QED) is 0.497. The Morgan fingerprint density at radius 1 is 0.914 bits per heavy atom. The van der Waals surface area contributed by atoms with E-state index in [1.165, 1.54) is 12.1 Å². The van der Waals surface area contributed by atoms with Gasteiger partial charge >= 0.3 is 10.1 Å². The monoisotopic (exact) mass is 489 g/mol. The van der Waals surface area contributed by atoms with E-state index in [9.17, 15) is 13.2 Å². The van der Waals surface area contributed by atoms with Crippen LogP contribution in [0, 0.1) is 25.2 Å². The number of anilines is 1. The normalized spacial score (nSPS) is 14.2. The van der Waals surface area contributed by atoms with Gasteiger partial charge in [0.1, 0.15) is 10.6 Å². The average molecular weight is 490 g/mol. The van der Waals surface area contributed by atoms with Gasteiger partial charge in [-0.2, -0.15) is 13.7 Å². The van der Waals surface area contributed by atoms with Crippen molar-refractivity contribution < 1.29 is 17.4 Å². The zero-order chi connectivity index (χ0) is 25.0. The summed E-state index contributed by atoms with van der Waals surface area (Å²) < 4.78 is 30.8. The molecule has 0 atom stereocenters. The van der Waals surface area contributed by atoms with Gasteiger partial charge in [-0.25, -0.2) is 0 Å². The molecule has 35 heavy (non-hydrogen) atoms. The van der Waals surface area contributed by atoms with E-state index < -0.39 is 10.1 Å². The molecule has 180 valence electrons. The van der Waals surface area contributed by atoms with Crippen molar-refractivity contribution in [2.45, 2.75) is 25.2 Å². The summed E-state index contributed by atoms with van der Waals surface area (Å²) >= 11 is 0. The number of carbonyl (C=O) groups excluding carboxylic acids is 1. The number of rotatable bonds is 5. The van der Waals surface area contributed by atoms with Crippen molar-refractivity contribution in [1.82, 2.24) is 4.90 Å². The highest BCUT2D eigenvalue weighted by Gasteiger charge is 2.22. The largest absolute Gasteiger partial charge is 0.379 e. The third kappa shape index (κ3) is 5.64. The maximum absolute atomic E-state index is 13.1. The predicted octanol–water partition coefficient (Wildman–Crippen LogP) is 4.30. The Hall–Kier alpha value is -3.83. The van der Waals surface area contributed by atoms with Crippen molar-refractivity contribution in [3.63, 3.8) is 0 Å². The molecular formula is C27H27N3O4S. The van der Waals surface area contributed by atoms with Crippen LogP contribution in [-0.2, 0) is 10.1 Å². The summed E-state index contributed by atoms with van der Waals surface area (Å²) in [4.78, 5) is 17.2. The van der Waals surface area contributed by atoms with E-state index in [-0.39, 0.29) is 16.6 Å². The molecule has 3 aromatic carbocycles. The smallest absolute Gasteiger partial charge is 0.339 e. The molecule has 0 aliphatic carbocycles. The zero-order valence-electron chi connectivity index (χ0n) is 19.8. The second-order valence-corrected chi connectivity index (χ2v) is 10.1. The van der Waals surface area contributed by atoms with Gasteiger partial charge in [-0.05, 0) is 86.0 Å². The third-order valence-electron chi connectivity index (χ3n) is 6.06. The van der Waals surface area contributed by atoms with Crippen molar-refractivity contribution in [2.24, 2.45) is 0 Å². The minimum atomic E-state index is -3.98. The maximum Gasteiger partial charge on any atom is 0.339 e. The van der Waals surface area contributed by atoms with Crippen molar-refractivity contribution in [2.75, 3.05) is 31.1 Å². The Morgan fingerprint density at radius 3 is 2.31 bits per heavy atom. The molecular weight excluding hydrogens is 462 g/mol. The Kier molecular flexibility index (Phi) is 7.08. The van der Waals surface area contributed by atoms with E-state index in [1.807, 2.05) is 30.0 Å². The highest BCUT2D eigenvalue weighted by Crippen LogP contribution is 2.24. The minimum Gasteiger partial charge on any atom is -0.379 e. The molecule has 0 N–H and O–H groups in total. The van der Waals surface area contributed by atoms with E-state index in [0.717, 1.165) is 24.2 Å². The predicted molar refractivity (Wildman–Crippen MR) is 134 cm³/mol. The number of hydrogen-bond acceptors (Lipinski definition) is 6. The first-order valence-corrected chi connectivity index (χ1v) is 12.8. The molecule has 0 aromatic heterocycles. The van der Waals surface area contributed by atoms with Gasteiger partial charge in [0.2, 0.25) is 0 Å². The first kappa shape index (κ1) is 24.3. The standard InChI is InChI=1S/C27H27N3O4S/c1-20-4-5-21(2)26(18-20)35(32,33)34-25-12-8-23(9-13-25)27(31)30-15-3-14-29(16-17-30)24-10-6-22(19-28)7-11-24/h4-13,18H,3,14-17H2,1-2H3. The second kappa shape index (κ2) is 10.2. The van der Waals surface area contributed by atoms with Gasteiger partial charge in [0, 0.05) is 37.4 Å². The highest BCUT2D eigenvalue weighted by molar-refractivity contribution is 7.87. The molecule has 0 bridgehead atoms. The lowest BCUT2D eigenvalue weighted by Crippen LogP contribution is -2.35. The first-order chi connectivity index (χ1) is 16.8. The highest BCUT2D eigenvalue weighted by atomic mass is 32.2. The van der Waals surface area contributed by atoms with E-state index in [0.29, 0.717) is 36.3 Å². The summed E-state index contributed by atoms with van der Waals surface area (Å²) in [5.41, 5.74) is 3.57. The molecule has 3 aromatic rings. The van der Waals surface area contributed by atoms with E-state index in [1.54, 1.807) is 43.3 Å². The molecule has 1 amide bonds. The van der Waals surface area contributed by atoms with Gasteiger partial charge in [0.25, 0.3) is 5.91 Å². The minimum absolute atomic E-state index is 0.101. The van der Waals surface area contributed by atoms with Crippen molar-refractivity contribution in [3.8, 4) is 11.8 Å². The molecule has 1 fully saturated rings. The van der Waals surface area contributed by atoms with Crippen LogP contribution in [0.5, 0.6) is 5.75 Å². The van der Waals surface area contributed by atoms with Crippen LogP contribution in [0.1, 0.15) is 33.5 Å². The Balaban J connectivity index is 1.41. The zero-order valence-corrected chi connectivity index (χ0v) is 20.6. The summed E-state index contributed by atoms with van der Waals surface area (Å²) in [6.45, 7) is 6.25. The second-order valence-electron chi connectivity index (χ2n) is 8.62. The summed E-state index contributed by atoms with van der Waals surface area (Å²) in [5.74, 6) is 0.0564. The number of nitrogens with zero attached hydrogens (tertiary/aromatic N) is 3. The van der Waals surface area contributed by atoms with Crippen molar-refractivity contribution in [3.05, 3.63) is 89.0 Å². The molecule has 8 heteroatoms. The molecule has 1 aliphatic rings. The van der Waals surface area contributed by atoms with Gasteiger partial charge in [-0.3, -0.25) is 4.79 Å². The van der Waals surface area contributed by atoms with Crippen LogP contribution in [0.15, 0.2) is 71.6 Å². The molecule has 4 rings (SSSR count). The molecule has 0 spiro atoms. The van der Waals surface area contributed by atoms with Gasteiger partial charge in [-0.15, -0.1) is 0 Å². The fourth-order valence-electron chi connectivity index (χ4n) is 4.11. The summed E-state index contributed by atoms with van der Waals surface area (Å²) in [5, 5.41) is 8.99. The number of aryl methyl sites for hydroxylation is 2. The van der Waals surface area contributed by atoms with Crippen LogP contribution < -0.4 is 9.08 Å². The number of amides is 1. The SMILES string of the molecule is Cc1ccc(C)c(S(=O)(=O)Oc2ccc(C(=O)N3CCCN(c4ccc(C#N)cc4)CC3)cc2)c1. The van der Waals surface area contributed by atoms with Crippen LogP contribution in [0.25, 0.3) is 0 Å². The van der Waals surface area contributed by atoms with Crippen molar-refractivity contribution in [1.29, 1.82) is 5.26 Å². The molecule has 1 aliphatic heterocycles. The lowest BCUT2D eigenvalue weighted by molar-refractivity contribution is 0.0767. The van der Waals surface area contributed by atoms with Crippen LogP contribution in [0.4, 0.5) is 5.69 Å². The molecule has 1 saturated heterocycles. The molecule has 0 saturated carbocycles. The molecule has 1 heterocycles. The first-order valence-electron chi connectivity index (χ1n) is 11.4. The fourth-order valence-corrected chi connectivity index (χ4v) is 5.36. The van der Waals surface area contributed by atoms with E-state index >= 15 is 0 Å². The van der Waals surface area contributed by atoms with Gasteiger partial charge < -0.3 is 14.0 Å². The Morgan fingerprint density at radius 2 is 1.63 bits per heavy atom. The van der Waals surface area contributed by atoms with Gasteiger partial charge in [-0.1, -0.05) is 12.1 Å². The van der Waals surface area contributed by atoms with Crippen LogP contribution >= 0.6 is 0 Å². The Bertz CT molecular complexity index is 1360. The van der Waals surface area contributed by atoms with Gasteiger partial charge in [0.15, 0.2) is 0 Å². The fraction of sp³-hybridized carbons (Fsp3) is 0.259. The number of carbonyl (C=O) groups is 1. The summed E-state index contributed by atoms with van der Waals surface area (Å²) in [6, 6.07) is 21.0. The molecule has 7 nitrogen and oxygen atoms in total. The number of benzene rings is 3. The number of hydrogen-bond donors (Lipinski definition) is 0. The number of nitriles is 1. The molecule has 0 radical (unpaired) electrons. The Labute approximate surface area is 206 Å². The summed E-state index contributed by atoms with van der Waals surface area (Å²) in [6.07, 6.45) is 0.820. The maximum atomic E-state index is 13.1. The van der Waals surface area contributed by atoms with Crippen LogP contribution in [-0.4, -0.2) is 45.4 Å². The summed E-state index contributed by atoms with van der Waals surface area (Å²) in [7, 11) is -3.98. The average Bonchev–Trinajstić information content (AvgIpc) is 3.12. The lowest BCUT2D eigenvalue weighted by Gasteiger charge is -2.24.